The molecule has 1 radical (unpaired) electrons. The van der Waals surface area contributed by atoms with E-state index in [9.17, 15) is 0 Å². The second-order valence-electron chi connectivity index (χ2n) is 0.447. The molecular weight excluding hydrogens is 270 g/mol. The van der Waals surface area contributed by atoms with Gasteiger partial charge in [-0.1, -0.05) is 0 Å². The fourth-order valence-corrected chi connectivity index (χ4v) is 0. The van der Waals surface area contributed by atoms with Crippen LogP contribution in [0, 0.1) is 30.6 Å². The van der Waals surface area contributed by atoms with Crippen molar-refractivity contribution in [1.82, 2.24) is 0 Å². The second-order valence-corrected chi connectivity index (χ2v) is 0.447. The standard InChI is InChI=1S/Mn.2NO3.Zr/c;2*2-1(3)4;/q+2;2*-1;+4. The van der Waals surface area contributed by atoms with Gasteiger partial charge in [0.2, 0.25) is 0 Å². The Hall–Kier alpha value is -0.197. The summed E-state index contributed by atoms with van der Waals surface area (Å²) in [7, 11) is 0. The Morgan fingerprint density at radius 2 is 0.800 bits per heavy atom. The van der Waals surface area contributed by atoms with Crippen LogP contribution in [0.1, 0.15) is 0 Å². The van der Waals surface area contributed by atoms with Crippen molar-refractivity contribution >= 4 is 0 Å². The van der Waals surface area contributed by atoms with E-state index in [0.29, 0.717) is 0 Å². The molecule has 0 heterocycles. The maximum atomic E-state index is 8.25. The predicted octanol–water partition coefficient (Wildman–Crippen LogP) is -0.483. The molecule has 0 aromatic carbocycles. The molecular formula is MnN2O6Zr+4. The Bertz CT molecular complexity index is 73.7. The second kappa shape index (κ2) is 15.9. The van der Waals surface area contributed by atoms with Crippen molar-refractivity contribution in [2.24, 2.45) is 0 Å². The number of rotatable bonds is 0. The first-order valence-electron chi connectivity index (χ1n) is 1.10. The van der Waals surface area contributed by atoms with E-state index in [0.717, 1.165) is 0 Å². The average molecular weight is 270 g/mol. The van der Waals surface area contributed by atoms with Crippen molar-refractivity contribution in [2.75, 3.05) is 0 Å². The van der Waals surface area contributed by atoms with Gasteiger partial charge in [0.05, 0.1) is 10.2 Å². The van der Waals surface area contributed by atoms with Crippen molar-refractivity contribution < 1.29 is 53.4 Å². The molecule has 0 bridgehead atoms. The molecule has 0 aliphatic carbocycles. The van der Waals surface area contributed by atoms with Crippen molar-refractivity contribution in [2.45, 2.75) is 0 Å². The van der Waals surface area contributed by atoms with Gasteiger partial charge in [-0.05, 0) is 0 Å². The maximum Gasteiger partial charge on any atom is 4.00 e. The van der Waals surface area contributed by atoms with Gasteiger partial charge in [-0.2, -0.15) is 0 Å². The Balaban J connectivity index is -0.0000000300. The monoisotopic (exact) mass is 269 g/mol. The molecule has 0 N–H and O–H groups in total. The van der Waals surface area contributed by atoms with Crippen LogP contribution in [0.5, 0.6) is 0 Å². The zero-order valence-electron chi connectivity index (χ0n) is 4.22. The average Bonchev–Trinajstić information content (AvgIpc) is 1.25. The molecule has 0 atom stereocenters. The van der Waals surface area contributed by atoms with Crippen LogP contribution in [0.2, 0.25) is 0 Å². The van der Waals surface area contributed by atoms with Gasteiger partial charge >= 0.3 is 43.3 Å². The minimum atomic E-state index is -1.75. The van der Waals surface area contributed by atoms with Gasteiger partial charge in [-0.15, -0.1) is 0 Å². The third-order valence-corrected chi connectivity index (χ3v) is 0. The molecule has 0 unspecified atom stereocenters. The van der Waals surface area contributed by atoms with Crippen LogP contribution < -0.4 is 0 Å². The van der Waals surface area contributed by atoms with E-state index < -0.39 is 10.2 Å². The van der Waals surface area contributed by atoms with E-state index in [1.807, 2.05) is 0 Å². The fraction of sp³-hybridized carbons (Fsp3) is 0. The third-order valence-electron chi connectivity index (χ3n) is 0. The normalized spacial score (nSPS) is 4.80. The Morgan fingerprint density at radius 3 is 0.800 bits per heavy atom. The summed E-state index contributed by atoms with van der Waals surface area (Å²) in [5, 5.41) is 29.5. The smallest absolute Gasteiger partial charge is 0.356 e. The van der Waals surface area contributed by atoms with E-state index in [2.05, 4.69) is 0 Å². The molecule has 8 nitrogen and oxygen atoms in total. The van der Waals surface area contributed by atoms with Gasteiger partial charge in [0.1, 0.15) is 0 Å². The van der Waals surface area contributed by atoms with Crippen molar-refractivity contribution in [3.05, 3.63) is 30.6 Å². The summed E-state index contributed by atoms with van der Waals surface area (Å²) in [5.41, 5.74) is 0. The van der Waals surface area contributed by atoms with Gasteiger partial charge in [0, 0.05) is 0 Å². The van der Waals surface area contributed by atoms with Crippen molar-refractivity contribution in [3.8, 4) is 0 Å². The molecule has 53 valence electrons. The molecule has 0 rings (SSSR count). The molecule has 0 saturated heterocycles. The quantitative estimate of drug-likeness (QED) is 0.331. The van der Waals surface area contributed by atoms with E-state index in [1.54, 1.807) is 0 Å². The molecule has 0 aromatic heterocycles. The van der Waals surface area contributed by atoms with Crippen LogP contribution in [0.25, 0.3) is 0 Å². The van der Waals surface area contributed by atoms with E-state index >= 15 is 0 Å². The van der Waals surface area contributed by atoms with Crippen LogP contribution >= 0.6 is 0 Å². The third kappa shape index (κ3) is 9270. The first-order chi connectivity index (χ1) is 3.46. The van der Waals surface area contributed by atoms with Crippen molar-refractivity contribution in [1.29, 1.82) is 0 Å². The molecule has 0 saturated carbocycles. The van der Waals surface area contributed by atoms with Crippen LogP contribution in [-0.4, -0.2) is 10.2 Å². The topological polar surface area (TPSA) is 132 Å². The van der Waals surface area contributed by atoms with Gasteiger partial charge in [-0.25, -0.2) is 0 Å². The molecule has 0 aliphatic rings. The van der Waals surface area contributed by atoms with Gasteiger partial charge in [0.25, 0.3) is 0 Å². The number of hydrogen-bond donors (Lipinski definition) is 0. The largest absolute Gasteiger partial charge is 4.00 e. The molecule has 0 amide bonds. The molecule has 0 aromatic rings. The summed E-state index contributed by atoms with van der Waals surface area (Å²) in [6.07, 6.45) is 0. The molecule has 10 heteroatoms. The maximum absolute atomic E-state index is 8.25. The Labute approximate surface area is 84.0 Å². The first kappa shape index (κ1) is 22.6. The van der Waals surface area contributed by atoms with Crippen molar-refractivity contribution in [3.63, 3.8) is 0 Å². The Morgan fingerprint density at radius 1 is 0.800 bits per heavy atom. The summed E-state index contributed by atoms with van der Waals surface area (Å²) in [6, 6.07) is 0. The zero-order valence-corrected chi connectivity index (χ0v) is 7.86. The van der Waals surface area contributed by atoms with Crippen LogP contribution in [0.4, 0.5) is 0 Å². The SMILES string of the molecule is O=[N+]([O-])[O-].O=[N+]([O-])[O-].[Mn+2].[Zr+4]. The minimum absolute atomic E-state index is 0. The van der Waals surface area contributed by atoms with Gasteiger partial charge < -0.3 is 30.6 Å². The van der Waals surface area contributed by atoms with Crippen LogP contribution in [0.3, 0.4) is 0 Å². The summed E-state index contributed by atoms with van der Waals surface area (Å²) in [5.74, 6) is 0. The van der Waals surface area contributed by atoms with Gasteiger partial charge in [-0.3, -0.25) is 0 Å². The first-order valence-corrected chi connectivity index (χ1v) is 1.10. The molecule has 0 fully saturated rings. The van der Waals surface area contributed by atoms with Crippen LogP contribution in [0.15, 0.2) is 0 Å². The van der Waals surface area contributed by atoms with Crippen LogP contribution in [-0.2, 0) is 43.3 Å². The number of hydrogen-bond acceptors (Lipinski definition) is 6. The summed E-state index contributed by atoms with van der Waals surface area (Å²) < 4.78 is 0. The summed E-state index contributed by atoms with van der Waals surface area (Å²) >= 11 is 0. The Kier molecular flexibility index (Phi) is 35.9. The minimum Gasteiger partial charge on any atom is -0.356 e. The van der Waals surface area contributed by atoms with E-state index in [1.165, 1.54) is 0 Å². The van der Waals surface area contributed by atoms with E-state index in [-0.39, 0.29) is 43.3 Å². The molecule has 0 spiro atoms. The molecule has 10 heavy (non-hydrogen) atoms. The summed E-state index contributed by atoms with van der Waals surface area (Å²) in [4.78, 5) is 16.5. The van der Waals surface area contributed by atoms with E-state index in [4.69, 9.17) is 30.6 Å². The summed E-state index contributed by atoms with van der Waals surface area (Å²) in [6.45, 7) is 0. The zero-order chi connectivity index (χ0) is 7.15. The molecule has 0 aliphatic heterocycles. The van der Waals surface area contributed by atoms with Gasteiger partial charge in [0.15, 0.2) is 0 Å². The number of nitrogens with zero attached hydrogens (tertiary/aromatic N) is 2. The predicted molar refractivity (Wildman–Crippen MR) is 20.7 cm³/mol. The fourth-order valence-electron chi connectivity index (χ4n) is 0.